The van der Waals surface area contributed by atoms with E-state index >= 15 is 0 Å². The number of nitrogens with zero attached hydrogens (tertiary/aromatic N) is 3. The third-order valence-electron chi connectivity index (χ3n) is 6.25. The predicted octanol–water partition coefficient (Wildman–Crippen LogP) is 4.77. The second-order valence-corrected chi connectivity index (χ2v) is 11.2. The molecule has 1 fully saturated rings. The van der Waals surface area contributed by atoms with Crippen LogP contribution in [0, 0.1) is 6.92 Å². The van der Waals surface area contributed by atoms with Crippen molar-refractivity contribution in [3.05, 3.63) is 83.9 Å². The summed E-state index contributed by atoms with van der Waals surface area (Å²) in [7, 11) is -3.58. The zero-order chi connectivity index (χ0) is 23.5. The van der Waals surface area contributed by atoms with Gasteiger partial charge in [0.15, 0.2) is 0 Å². The Hall–Kier alpha value is -2.94. The van der Waals surface area contributed by atoms with Gasteiger partial charge in [-0.3, -0.25) is 9.62 Å². The van der Waals surface area contributed by atoms with E-state index in [4.69, 9.17) is 4.37 Å². The van der Waals surface area contributed by atoms with Crippen LogP contribution in [0.15, 0.2) is 77.7 Å². The number of aryl methyl sites for hydroxylation is 1. The fourth-order valence-corrected chi connectivity index (χ4v) is 6.27. The second-order valence-electron chi connectivity index (χ2n) is 8.70. The Morgan fingerprint density at radius 2 is 1.71 bits per heavy atom. The molecule has 0 aliphatic carbocycles. The van der Waals surface area contributed by atoms with Crippen molar-refractivity contribution in [2.45, 2.75) is 18.2 Å². The van der Waals surface area contributed by atoms with Gasteiger partial charge >= 0.3 is 0 Å². The maximum Gasteiger partial charge on any atom is 0.261 e. The van der Waals surface area contributed by atoms with Crippen LogP contribution in [0.1, 0.15) is 11.1 Å². The van der Waals surface area contributed by atoms with Gasteiger partial charge < -0.3 is 4.90 Å². The number of hydrogen-bond donors (Lipinski definition) is 1. The van der Waals surface area contributed by atoms with Gasteiger partial charge in [-0.2, -0.15) is 4.37 Å². The van der Waals surface area contributed by atoms with Gasteiger partial charge in [0.25, 0.3) is 10.0 Å². The summed E-state index contributed by atoms with van der Waals surface area (Å²) in [6.45, 7) is 6.86. The first-order chi connectivity index (χ1) is 16.5. The van der Waals surface area contributed by atoms with Crippen LogP contribution < -0.4 is 9.62 Å². The largest absolute Gasteiger partial charge is 0.353 e. The molecule has 0 bridgehead atoms. The Labute approximate surface area is 205 Å². The molecule has 4 aromatic rings. The maximum absolute atomic E-state index is 12.6. The topological polar surface area (TPSA) is 65.5 Å². The third-order valence-corrected chi connectivity index (χ3v) is 8.45. The average molecular weight is 493 g/mol. The molecule has 8 heteroatoms. The Morgan fingerprint density at radius 3 is 2.47 bits per heavy atom. The van der Waals surface area contributed by atoms with Crippen LogP contribution in [0.5, 0.6) is 0 Å². The van der Waals surface area contributed by atoms with Gasteiger partial charge in [-0.25, -0.2) is 8.42 Å². The molecule has 5 rings (SSSR count). The lowest BCUT2D eigenvalue weighted by Crippen LogP contribution is -2.47. The van der Waals surface area contributed by atoms with Crippen LogP contribution in [0.2, 0.25) is 0 Å². The van der Waals surface area contributed by atoms with Gasteiger partial charge in [-0.15, -0.1) is 0 Å². The van der Waals surface area contributed by atoms with Crippen LogP contribution in [-0.2, 0) is 16.4 Å². The van der Waals surface area contributed by atoms with Crippen LogP contribution in [0.25, 0.3) is 10.1 Å². The summed E-state index contributed by atoms with van der Waals surface area (Å²) in [4.78, 5) is 5.16. The molecule has 1 saturated heterocycles. The van der Waals surface area contributed by atoms with Gasteiger partial charge in [0.2, 0.25) is 0 Å². The Bertz CT molecular complexity index is 1380. The number of anilines is 2. The Kier molecular flexibility index (Phi) is 6.54. The lowest BCUT2D eigenvalue weighted by Gasteiger charge is -2.35. The minimum Gasteiger partial charge on any atom is -0.353 e. The smallest absolute Gasteiger partial charge is 0.261 e. The lowest BCUT2D eigenvalue weighted by atomic mass is 10.1. The van der Waals surface area contributed by atoms with Crippen LogP contribution in [0.3, 0.4) is 0 Å². The second kappa shape index (κ2) is 9.74. The van der Waals surface area contributed by atoms with E-state index in [0.29, 0.717) is 5.69 Å². The average Bonchev–Trinajstić information content (AvgIpc) is 3.28. The molecule has 2 heterocycles. The number of nitrogens with one attached hydrogen (secondary N) is 1. The number of rotatable bonds is 7. The minimum atomic E-state index is -3.58. The molecule has 6 nitrogen and oxygen atoms in total. The molecular weight excluding hydrogens is 464 g/mol. The molecule has 0 spiro atoms. The van der Waals surface area contributed by atoms with E-state index in [-0.39, 0.29) is 4.90 Å². The molecule has 1 aromatic heterocycles. The lowest BCUT2D eigenvalue weighted by molar-refractivity contribution is 0.261. The molecule has 3 aromatic carbocycles. The van der Waals surface area contributed by atoms with E-state index in [0.717, 1.165) is 50.5 Å². The monoisotopic (exact) mass is 492 g/mol. The van der Waals surface area contributed by atoms with E-state index in [1.54, 1.807) is 29.7 Å². The zero-order valence-electron chi connectivity index (χ0n) is 19.1. The van der Waals surface area contributed by atoms with Crippen molar-refractivity contribution in [3.63, 3.8) is 0 Å². The molecule has 0 unspecified atom stereocenters. The van der Waals surface area contributed by atoms with E-state index in [1.165, 1.54) is 15.6 Å². The quantitative estimate of drug-likeness (QED) is 0.403. The van der Waals surface area contributed by atoms with Gasteiger partial charge in [-0.1, -0.05) is 36.4 Å². The van der Waals surface area contributed by atoms with Crippen molar-refractivity contribution in [2.75, 3.05) is 42.3 Å². The number of aromatic nitrogens is 1. The van der Waals surface area contributed by atoms with Gasteiger partial charge in [-0.05, 0) is 72.4 Å². The molecule has 34 heavy (non-hydrogen) atoms. The highest BCUT2D eigenvalue weighted by Crippen LogP contribution is 2.29. The fourth-order valence-electron chi connectivity index (χ4n) is 4.31. The van der Waals surface area contributed by atoms with Crippen LogP contribution in [0.4, 0.5) is 11.5 Å². The van der Waals surface area contributed by atoms with Crippen molar-refractivity contribution in [2.24, 2.45) is 0 Å². The normalized spacial score (nSPS) is 15.0. The summed E-state index contributed by atoms with van der Waals surface area (Å²) in [6.07, 6.45) is 0.935. The maximum atomic E-state index is 12.6. The number of fused-ring (bicyclic) bond motifs is 1. The number of hydrogen-bond acceptors (Lipinski definition) is 6. The fraction of sp³-hybridized carbons (Fsp3) is 0.269. The highest BCUT2D eigenvalue weighted by molar-refractivity contribution is 7.92. The summed E-state index contributed by atoms with van der Waals surface area (Å²) >= 11 is 1.57. The Balaban J connectivity index is 1.13. The molecule has 0 saturated carbocycles. The van der Waals surface area contributed by atoms with Crippen LogP contribution in [-0.4, -0.2) is 50.4 Å². The molecule has 1 aliphatic rings. The van der Waals surface area contributed by atoms with Gasteiger partial charge in [0.1, 0.15) is 5.82 Å². The van der Waals surface area contributed by atoms with E-state index in [9.17, 15) is 8.42 Å². The molecule has 176 valence electrons. The van der Waals surface area contributed by atoms with Crippen LogP contribution >= 0.6 is 11.5 Å². The molecule has 0 amide bonds. The summed E-state index contributed by atoms with van der Waals surface area (Å²) in [5, 5.41) is 1.25. The number of piperazine rings is 1. The molecule has 0 radical (unpaired) electrons. The SMILES string of the molecule is Cc1cccc(S(=O)(=O)Nc2ccc(CCN3CCN(c4nsc5ccccc45)CC3)cc2)c1. The first kappa shape index (κ1) is 22.8. The standard InChI is InChI=1S/C26H28N4O2S2/c1-20-5-4-6-23(19-20)34(31,32)28-22-11-9-21(10-12-22)13-14-29-15-17-30(18-16-29)26-24-7-2-3-8-25(24)33-27-26/h2-12,19,28H,13-18H2,1H3. The number of benzene rings is 3. The first-order valence-electron chi connectivity index (χ1n) is 11.5. The van der Waals surface area contributed by atoms with Crippen molar-refractivity contribution in [1.29, 1.82) is 0 Å². The molecule has 0 atom stereocenters. The Morgan fingerprint density at radius 1 is 0.941 bits per heavy atom. The number of sulfonamides is 1. The van der Waals surface area contributed by atoms with E-state index in [1.807, 2.05) is 37.3 Å². The van der Waals surface area contributed by atoms with Crippen molar-refractivity contribution < 1.29 is 8.42 Å². The summed E-state index contributed by atoms with van der Waals surface area (Å²) in [5.74, 6) is 1.11. The third kappa shape index (κ3) is 5.09. The first-order valence-corrected chi connectivity index (χ1v) is 13.7. The van der Waals surface area contributed by atoms with Crippen molar-refractivity contribution in [3.8, 4) is 0 Å². The zero-order valence-corrected chi connectivity index (χ0v) is 20.8. The highest BCUT2D eigenvalue weighted by atomic mass is 32.2. The predicted molar refractivity (Wildman–Crippen MR) is 140 cm³/mol. The summed E-state index contributed by atoms with van der Waals surface area (Å²) in [6, 6.07) is 23.0. The molecule has 1 N–H and O–H groups in total. The summed E-state index contributed by atoms with van der Waals surface area (Å²) in [5.41, 5.74) is 2.69. The van der Waals surface area contributed by atoms with E-state index < -0.39 is 10.0 Å². The minimum absolute atomic E-state index is 0.279. The van der Waals surface area contributed by atoms with Crippen molar-refractivity contribution in [1.82, 2.24) is 9.27 Å². The molecular formula is C26H28N4O2S2. The van der Waals surface area contributed by atoms with E-state index in [2.05, 4.69) is 38.8 Å². The van der Waals surface area contributed by atoms with Gasteiger partial charge in [0, 0.05) is 43.8 Å². The summed E-state index contributed by atoms with van der Waals surface area (Å²) < 4.78 is 33.9. The van der Waals surface area contributed by atoms with Gasteiger partial charge in [0.05, 0.1) is 9.60 Å². The van der Waals surface area contributed by atoms with Crippen molar-refractivity contribution >= 4 is 43.1 Å². The molecule has 1 aliphatic heterocycles. The highest BCUT2D eigenvalue weighted by Gasteiger charge is 2.20.